The molecule has 3 amide bonds. The van der Waals surface area contributed by atoms with E-state index in [1.165, 1.54) is 0 Å². The minimum Gasteiger partial charge on any atom is -0.396 e. The topological polar surface area (TPSA) is 98.7 Å². The second-order valence-corrected chi connectivity index (χ2v) is 12.9. The molecule has 3 unspecified atom stereocenters. The van der Waals surface area contributed by atoms with Crippen molar-refractivity contribution in [1.82, 2.24) is 10.2 Å². The molecule has 5 rings (SSSR count). The van der Waals surface area contributed by atoms with Crippen LogP contribution in [0.4, 0.5) is 5.69 Å². The van der Waals surface area contributed by atoms with E-state index in [4.69, 9.17) is 11.6 Å². The van der Waals surface area contributed by atoms with E-state index in [-0.39, 0.29) is 35.5 Å². The Morgan fingerprint density at radius 3 is 2.59 bits per heavy atom. The Morgan fingerprint density at radius 1 is 1.10 bits per heavy atom. The number of para-hydroxylation sites is 1. The molecule has 208 valence electrons. The van der Waals surface area contributed by atoms with Crippen LogP contribution in [0.5, 0.6) is 0 Å². The third-order valence-corrected chi connectivity index (χ3v) is 11.0. The molecule has 3 fully saturated rings. The molecule has 2 aromatic rings. The van der Waals surface area contributed by atoms with Gasteiger partial charge in [0.05, 0.1) is 27.3 Å². The van der Waals surface area contributed by atoms with Crippen LogP contribution >= 0.6 is 23.4 Å². The highest BCUT2D eigenvalue weighted by Gasteiger charge is 2.75. The van der Waals surface area contributed by atoms with Crippen LogP contribution in [0.1, 0.15) is 43.7 Å². The molecule has 3 saturated heterocycles. The van der Waals surface area contributed by atoms with E-state index in [0.29, 0.717) is 36.6 Å². The first-order valence-corrected chi connectivity index (χ1v) is 15.0. The lowest BCUT2D eigenvalue weighted by Gasteiger charge is -2.38. The molecule has 39 heavy (non-hydrogen) atoms. The van der Waals surface area contributed by atoms with Gasteiger partial charge in [0, 0.05) is 24.9 Å². The predicted octanol–water partition coefficient (Wildman–Crippen LogP) is 4.40. The number of likely N-dealkylation sites (tertiary alicyclic amines) is 1. The van der Waals surface area contributed by atoms with Crippen LogP contribution in [0.2, 0.25) is 5.02 Å². The summed E-state index contributed by atoms with van der Waals surface area (Å²) >= 11 is 8.12. The first kappa shape index (κ1) is 28.0. The largest absolute Gasteiger partial charge is 0.396 e. The molecule has 2 bridgehead atoms. The molecule has 7 nitrogen and oxygen atoms in total. The number of nitrogens with one attached hydrogen (secondary N) is 2. The summed E-state index contributed by atoms with van der Waals surface area (Å²) in [5, 5.41) is 15.8. The van der Waals surface area contributed by atoms with Crippen molar-refractivity contribution in [3.63, 3.8) is 0 Å². The highest BCUT2D eigenvalue weighted by atomic mass is 35.5. The Bertz CT molecular complexity index is 1220. The number of hydrogen-bond donors (Lipinski definition) is 3. The van der Waals surface area contributed by atoms with Gasteiger partial charge < -0.3 is 20.6 Å². The van der Waals surface area contributed by atoms with Crippen LogP contribution in [0.3, 0.4) is 0 Å². The molecule has 3 aliphatic rings. The number of amides is 3. The van der Waals surface area contributed by atoms with E-state index in [2.05, 4.69) is 17.6 Å². The molecule has 0 aliphatic carbocycles. The van der Waals surface area contributed by atoms with Crippen LogP contribution in [0.15, 0.2) is 48.5 Å². The van der Waals surface area contributed by atoms with Crippen LogP contribution in [-0.2, 0) is 20.9 Å². The normalized spacial score (nSPS) is 29.0. The van der Waals surface area contributed by atoms with Crippen molar-refractivity contribution in [2.75, 3.05) is 18.5 Å². The number of aliphatic hydroxyl groups is 1. The van der Waals surface area contributed by atoms with Crippen molar-refractivity contribution < 1.29 is 19.5 Å². The number of anilines is 1. The fourth-order valence-electron chi connectivity index (χ4n) is 6.82. The Morgan fingerprint density at radius 2 is 1.87 bits per heavy atom. The first-order valence-electron chi connectivity index (χ1n) is 13.8. The van der Waals surface area contributed by atoms with E-state index in [1.54, 1.807) is 22.7 Å². The number of nitrogens with zero attached hydrogens (tertiary/aromatic N) is 1. The average Bonchev–Trinajstić information content (AvgIpc) is 3.51. The van der Waals surface area contributed by atoms with Crippen molar-refractivity contribution in [3.8, 4) is 0 Å². The van der Waals surface area contributed by atoms with Crippen molar-refractivity contribution in [2.45, 2.75) is 62.1 Å². The maximum atomic E-state index is 14.1. The molecular weight excluding hydrogens is 534 g/mol. The average molecular weight is 570 g/mol. The quantitative estimate of drug-likeness (QED) is 0.368. The number of carbonyl (C=O) groups excluding carboxylic acids is 3. The smallest absolute Gasteiger partial charge is 0.248 e. The molecule has 1 spiro atoms. The standard InChI is InChI=1S/C30H36ClN3O4S/c1-18-10-9-13-21(31)25(18)33-28(37)26-30-19(2)16-22(39-30)23(27(36)32-17-20-11-5-3-6-12-20)24(30)29(38)34(26)14-7-4-8-15-35/h3,5-6,9-13,19,22-24,26,35H,4,7-8,14-17H2,1-2H3,(H,32,36)(H,33,37)/t19?,22-,23+,24+,26?,30?/m1/s1. The molecule has 3 aliphatic heterocycles. The van der Waals surface area contributed by atoms with Gasteiger partial charge in [0.15, 0.2) is 0 Å². The van der Waals surface area contributed by atoms with Gasteiger partial charge in [-0.25, -0.2) is 0 Å². The number of fused-ring (bicyclic) bond motifs is 1. The molecule has 2 aromatic carbocycles. The molecule has 0 aromatic heterocycles. The van der Waals surface area contributed by atoms with Crippen LogP contribution in [0.25, 0.3) is 0 Å². The van der Waals surface area contributed by atoms with Gasteiger partial charge in [0.1, 0.15) is 6.04 Å². The van der Waals surface area contributed by atoms with Gasteiger partial charge in [0.25, 0.3) is 0 Å². The third-order valence-electron chi connectivity index (χ3n) is 8.63. The molecule has 3 heterocycles. The van der Waals surface area contributed by atoms with Crippen LogP contribution in [0, 0.1) is 24.7 Å². The summed E-state index contributed by atoms with van der Waals surface area (Å²) in [6.07, 6.45) is 2.86. The van der Waals surface area contributed by atoms with Crippen molar-refractivity contribution in [2.24, 2.45) is 17.8 Å². The molecule has 0 saturated carbocycles. The van der Waals surface area contributed by atoms with E-state index in [9.17, 15) is 19.5 Å². The molecule has 3 N–H and O–H groups in total. The van der Waals surface area contributed by atoms with E-state index >= 15 is 0 Å². The first-order chi connectivity index (χ1) is 18.8. The van der Waals surface area contributed by atoms with E-state index < -0.39 is 22.6 Å². The summed E-state index contributed by atoms with van der Waals surface area (Å²) in [4.78, 5) is 43.6. The minimum atomic E-state index is -0.711. The van der Waals surface area contributed by atoms with Crippen LogP contribution in [-0.4, -0.2) is 56.9 Å². The van der Waals surface area contributed by atoms with E-state index in [0.717, 1.165) is 24.0 Å². The van der Waals surface area contributed by atoms with Crippen molar-refractivity contribution >= 4 is 46.8 Å². The minimum absolute atomic E-state index is 0.0152. The van der Waals surface area contributed by atoms with Gasteiger partial charge >= 0.3 is 0 Å². The Hall–Kier alpha value is -2.55. The zero-order chi connectivity index (χ0) is 27.7. The second kappa shape index (κ2) is 11.5. The number of aryl methyl sites for hydroxylation is 1. The molecule has 9 heteroatoms. The lowest BCUT2D eigenvalue weighted by atomic mass is 9.66. The number of aliphatic hydroxyl groups excluding tert-OH is 1. The Labute approximate surface area is 239 Å². The fraction of sp³-hybridized carbons (Fsp3) is 0.500. The maximum Gasteiger partial charge on any atom is 0.248 e. The number of thioether (sulfide) groups is 1. The summed E-state index contributed by atoms with van der Waals surface area (Å²) in [6, 6.07) is 14.5. The second-order valence-electron chi connectivity index (χ2n) is 11.0. The summed E-state index contributed by atoms with van der Waals surface area (Å²) in [5.74, 6) is -1.45. The summed E-state index contributed by atoms with van der Waals surface area (Å²) in [7, 11) is 0. The lowest BCUT2D eigenvalue weighted by Crippen LogP contribution is -2.55. The third kappa shape index (κ3) is 4.96. The summed E-state index contributed by atoms with van der Waals surface area (Å²) in [6.45, 7) is 4.90. The Balaban J connectivity index is 1.45. The number of carbonyl (C=O) groups is 3. The van der Waals surface area contributed by atoms with Gasteiger partial charge in [-0.2, -0.15) is 0 Å². The van der Waals surface area contributed by atoms with E-state index in [1.807, 2.05) is 49.4 Å². The van der Waals surface area contributed by atoms with Gasteiger partial charge in [-0.3, -0.25) is 14.4 Å². The Kier molecular flexibility index (Phi) is 8.26. The summed E-state index contributed by atoms with van der Waals surface area (Å²) < 4.78 is -0.688. The highest BCUT2D eigenvalue weighted by Crippen LogP contribution is 2.68. The monoisotopic (exact) mass is 569 g/mol. The number of benzene rings is 2. The van der Waals surface area contributed by atoms with Gasteiger partial charge in [-0.15, -0.1) is 11.8 Å². The molecule has 6 atom stereocenters. The summed E-state index contributed by atoms with van der Waals surface area (Å²) in [5.41, 5.74) is 2.40. The van der Waals surface area contributed by atoms with Crippen LogP contribution < -0.4 is 10.6 Å². The number of hydrogen-bond acceptors (Lipinski definition) is 5. The lowest BCUT2D eigenvalue weighted by molar-refractivity contribution is -0.139. The van der Waals surface area contributed by atoms with Gasteiger partial charge in [-0.05, 0) is 55.7 Å². The highest BCUT2D eigenvalue weighted by molar-refractivity contribution is 8.02. The van der Waals surface area contributed by atoms with Crippen molar-refractivity contribution in [1.29, 1.82) is 0 Å². The SMILES string of the molecule is Cc1cccc(Cl)c1NC(=O)C1N(CCCCCO)C(=O)[C@@H]2[C@@H](C(=O)NCc3ccccc3)[C@H]3CC(C)C12S3. The fourth-order valence-corrected chi connectivity index (χ4v) is 9.51. The number of halogens is 1. The molecular formula is C30H36ClN3O4S. The number of unbranched alkanes of at least 4 members (excludes halogenated alkanes) is 2. The molecule has 0 radical (unpaired) electrons. The zero-order valence-electron chi connectivity index (χ0n) is 22.4. The zero-order valence-corrected chi connectivity index (χ0v) is 23.9. The van der Waals surface area contributed by atoms with Gasteiger partial charge in [-0.1, -0.05) is 61.0 Å². The maximum absolute atomic E-state index is 14.1. The number of rotatable bonds is 10. The van der Waals surface area contributed by atoms with Gasteiger partial charge in [0.2, 0.25) is 17.7 Å². The van der Waals surface area contributed by atoms with Crippen molar-refractivity contribution in [3.05, 3.63) is 64.7 Å². The predicted molar refractivity (Wildman–Crippen MR) is 154 cm³/mol.